The zero-order valence-electron chi connectivity index (χ0n) is 25.1. The molecule has 2 aromatic rings. The molecule has 0 aromatic heterocycles. The van der Waals surface area contributed by atoms with Crippen LogP contribution in [-0.4, -0.2) is 18.4 Å². The fraction of sp³-hybridized carbons (Fsp3) is 0.371. The van der Waals surface area contributed by atoms with Crippen LogP contribution in [-0.2, 0) is 5.41 Å². The number of aliphatic hydroxyl groups is 1. The molecule has 2 aliphatic rings. The maximum absolute atomic E-state index is 7.00. The van der Waals surface area contributed by atoms with Crippen LogP contribution in [0.15, 0.2) is 85.3 Å². The van der Waals surface area contributed by atoms with Crippen LogP contribution in [0.25, 0.3) is 16.7 Å². The summed E-state index contributed by atoms with van der Waals surface area (Å²) >= 11 is 0. The summed E-state index contributed by atoms with van der Waals surface area (Å²) in [6.45, 7) is 26.1. The molecular weight excluding hydrogens is 464 g/mol. The number of allylic oxidation sites excluding steroid dienone is 7. The normalized spacial score (nSPS) is 17.4. The topological polar surface area (TPSA) is 35.5 Å². The highest BCUT2D eigenvalue weighted by Crippen LogP contribution is 2.54. The fourth-order valence-electron chi connectivity index (χ4n) is 5.16. The molecule has 2 aromatic carbocycles. The van der Waals surface area contributed by atoms with Gasteiger partial charge in [-0.1, -0.05) is 96.2 Å². The Balaban J connectivity index is 0.000000773. The zero-order chi connectivity index (χ0) is 28.6. The molecule has 0 amide bonds. The molecule has 0 saturated heterocycles. The lowest BCUT2D eigenvalue weighted by molar-refractivity contribution is 0.399. The molecule has 1 aliphatic heterocycles. The third-order valence-corrected chi connectivity index (χ3v) is 7.48. The van der Waals surface area contributed by atoms with E-state index in [1.807, 2.05) is 6.08 Å². The number of hydrogen-bond donors (Lipinski definition) is 2. The van der Waals surface area contributed by atoms with Crippen molar-refractivity contribution < 1.29 is 5.11 Å². The van der Waals surface area contributed by atoms with Gasteiger partial charge in [-0.05, 0) is 78.8 Å². The van der Waals surface area contributed by atoms with Gasteiger partial charge >= 0.3 is 0 Å². The third kappa shape index (κ3) is 6.05. The lowest BCUT2D eigenvalue weighted by Crippen LogP contribution is -2.41. The van der Waals surface area contributed by atoms with Gasteiger partial charge in [0.2, 0.25) is 0 Å². The number of aryl methyl sites for hydroxylation is 1. The van der Waals surface area contributed by atoms with Crippen LogP contribution >= 0.6 is 0 Å². The quantitative estimate of drug-likeness (QED) is 0.392. The van der Waals surface area contributed by atoms with Crippen molar-refractivity contribution >= 4 is 11.3 Å². The maximum Gasteiger partial charge on any atom is 0.100 e. The molecule has 1 aliphatic carbocycles. The van der Waals surface area contributed by atoms with Crippen molar-refractivity contribution in [3.8, 4) is 11.1 Å². The molecule has 3 heteroatoms. The van der Waals surface area contributed by atoms with Crippen molar-refractivity contribution in [2.24, 2.45) is 0 Å². The van der Waals surface area contributed by atoms with Gasteiger partial charge in [-0.25, -0.2) is 0 Å². The van der Waals surface area contributed by atoms with Gasteiger partial charge in [0.15, 0.2) is 0 Å². The van der Waals surface area contributed by atoms with E-state index in [1.54, 1.807) is 0 Å². The van der Waals surface area contributed by atoms with Gasteiger partial charge in [0.25, 0.3) is 0 Å². The van der Waals surface area contributed by atoms with Gasteiger partial charge in [0, 0.05) is 30.0 Å². The van der Waals surface area contributed by atoms with Crippen LogP contribution in [0.2, 0.25) is 0 Å². The molecule has 0 radical (unpaired) electrons. The van der Waals surface area contributed by atoms with Gasteiger partial charge in [0.1, 0.15) is 6.17 Å². The lowest BCUT2D eigenvalue weighted by Gasteiger charge is -2.36. The number of nitrogens with zero attached hydrogens (tertiary/aromatic N) is 1. The fourth-order valence-corrected chi connectivity index (χ4v) is 5.16. The van der Waals surface area contributed by atoms with Crippen molar-refractivity contribution in [3.05, 3.63) is 108 Å². The Morgan fingerprint density at radius 1 is 1.08 bits per heavy atom. The molecule has 2 N–H and O–H groups in total. The van der Waals surface area contributed by atoms with Crippen LogP contribution in [0.4, 0.5) is 5.69 Å². The summed E-state index contributed by atoms with van der Waals surface area (Å²) in [7, 11) is 1.00. The largest absolute Gasteiger partial charge is 0.400 e. The molecule has 38 heavy (non-hydrogen) atoms. The van der Waals surface area contributed by atoms with Crippen LogP contribution in [0.1, 0.15) is 83.6 Å². The van der Waals surface area contributed by atoms with E-state index in [0.29, 0.717) is 0 Å². The monoisotopic (exact) mass is 512 g/mol. The molecule has 1 atom stereocenters. The first-order chi connectivity index (χ1) is 18.1. The Labute approximate surface area is 232 Å². The predicted octanol–water partition coefficient (Wildman–Crippen LogP) is 9.03. The average Bonchev–Trinajstić information content (AvgIpc) is 3.13. The highest BCUT2D eigenvalue weighted by Gasteiger charge is 2.39. The molecule has 0 spiro atoms. The summed E-state index contributed by atoms with van der Waals surface area (Å²) in [5, 5.41) is 10.7. The first kappa shape index (κ1) is 30.9. The van der Waals surface area contributed by atoms with Gasteiger partial charge in [-0.2, -0.15) is 0 Å². The minimum atomic E-state index is -0.0962. The van der Waals surface area contributed by atoms with E-state index in [2.05, 4.69) is 134 Å². The summed E-state index contributed by atoms with van der Waals surface area (Å²) in [4.78, 5) is 2.35. The highest BCUT2D eigenvalue weighted by atomic mass is 16.2. The number of hydrogen-bond acceptors (Lipinski definition) is 3. The Kier molecular flexibility index (Phi) is 11.0. The summed E-state index contributed by atoms with van der Waals surface area (Å²) in [5.74, 6) is 0. The van der Waals surface area contributed by atoms with Gasteiger partial charge in [-0.3, -0.25) is 0 Å². The van der Waals surface area contributed by atoms with E-state index in [-0.39, 0.29) is 11.6 Å². The molecule has 0 fully saturated rings. The molecular formula is C35H48N2O. The SMILES string of the molecule is C=C/C(C)=C(\C)NC(C)N1/C=C\C=C/C(=C)c2c1c(C)cc1c2C(C)(C)c2ccccc2-1.CCCC.CO. The van der Waals surface area contributed by atoms with Crippen LogP contribution in [0.5, 0.6) is 0 Å². The van der Waals surface area contributed by atoms with Crippen molar-refractivity contribution in [3.63, 3.8) is 0 Å². The number of nitrogens with one attached hydrogen (secondary N) is 1. The number of benzene rings is 2. The second-order valence-electron chi connectivity index (χ2n) is 10.5. The van der Waals surface area contributed by atoms with Crippen LogP contribution in [0.3, 0.4) is 0 Å². The minimum Gasteiger partial charge on any atom is -0.400 e. The first-order valence-electron chi connectivity index (χ1n) is 13.7. The van der Waals surface area contributed by atoms with E-state index in [1.165, 1.54) is 51.9 Å². The second-order valence-corrected chi connectivity index (χ2v) is 10.5. The predicted molar refractivity (Wildman–Crippen MR) is 168 cm³/mol. The Morgan fingerprint density at radius 2 is 1.71 bits per heavy atom. The Morgan fingerprint density at radius 3 is 2.32 bits per heavy atom. The van der Waals surface area contributed by atoms with Crippen molar-refractivity contribution in [1.29, 1.82) is 0 Å². The van der Waals surface area contributed by atoms with E-state index in [0.717, 1.165) is 24.0 Å². The van der Waals surface area contributed by atoms with E-state index in [4.69, 9.17) is 5.11 Å². The number of aliphatic hydroxyl groups excluding tert-OH is 1. The summed E-state index contributed by atoms with van der Waals surface area (Å²) in [5.41, 5.74) is 12.4. The Bertz CT molecular complexity index is 1240. The molecule has 0 bridgehead atoms. The van der Waals surface area contributed by atoms with E-state index < -0.39 is 0 Å². The smallest absolute Gasteiger partial charge is 0.100 e. The summed E-state index contributed by atoms with van der Waals surface area (Å²) in [6, 6.07) is 11.2. The minimum absolute atomic E-state index is 0.0582. The van der Waals surface area contributed by atoms with Crippen molar-refractivity contribution in [2.45, 2.75) is 79.8 Å². The standard InChI is InChI=1S/C30H34N2.C4H10.CH4O/c1-9-19(2)22(5)31-23(6)32-17-13-12-14-20(3)27-28-25(18-21(4)29(27)32)24-15-10-11-16-26(24)30(28,7)8;1-3-4-2;1-2/h9-18,23,31H,1,3H2,2,4-8H3;3-4H2,1-2H3;2H,1H3/b14-12-,17-13-,22-19+;;. The third-order valence-electron chi connectivity index (χ3n) is 7.48. The summed E-state index contributed by atoms with van der Waals surface area (Å²) < 4.78 is 0. The highest BCUT2D eigenvalue weighted by molar-refractivity contribution is 5.95. The number of rotatable bonds is 5. The Hall–Kier alpha value is -3.30. The number of fused-ring (bicyclic) bond motifs is 5. The van der Waals surface area contributed by atoms with Gasteiger partial charge < -0.3 is 15.3 Å². The molecule has 3 nitrogen and oxygen atoms in total. The van der Waals surface area contributed by atoms with E-state index >= 15 is 0 Å². The molecule has 1 heterocycles. The molecule has 1 unspecified atom stereocenters. The van der Waals surface area contributed by atoms with E-state index in [9.17, 15) is 0 Å². The van der Waals surface area contributed by atoms with Crippen LogP contribution < -0.4 is 10.2 Å². The van der Waals surface area contributed by atoms with Crippen LogP contribution in [0, 0.1) is 6.92 Å². The average molecular weight is 513 g/mol. The summed E-state index contributed by atoms with van der Waals surface area (Å²) in [6.07, 6.45) is 13.1. The first-order valence-corrected chi connectivity index (χ1v) is 13.7. The molecule has 4 rings (SSSR count). The van der Waals surface area contributed by atoms with Crippen molar-refractivity contribution in [1.82, 2.24) is 5.32 Å². The number of unbranched alkanes of at least 4 members (excludes halogenated alkanes) is 1. The van der Waals surface area contributed by atoms with Crippen molar-refractivity contribution in [2.75, 3.05) is 12.0 Å². The maximum atomic E-state index is 7.00. The second kappa shape index (κ2) is 13.5. The van der Waals surface area contributed by atoms with Gasteiger partial charge in [-0.15, -0.1) is 0 Å². The lowest BCUT2D eigenvalue weighted by atomic mass is 9.77. The van der Waals surface area contributed by atoms with Gasteiger partial charge in [0.05, 0.1) is 5.69 Å². The molecule has 204 valence electrons. The number of anilines is 1. The molecule has 0 saturated carbocycles. The zero-order valence-corrected chi connectivity index (χ0v) is 25.1.